The van der Waals surface area contributed by atoms with Gasteiger partial charge in [0.25, 0.3) is 0 Å². The van der Waals surface area contributed by atoms with Gasteiger partial charge < -0.3 is 9.64 Å². The van der Waals surface area contributed by atoms with Crippen LogP contribution >= 0.6 is 0 Å². The van der Waals surface area contributed by atoms with E-state index in [9.17, 15) is 4.79 Å². The number of rotatable bonds is 8. The van der Waals surface area contributed by atoms with Crippen LogP contribution in [0.4, 0.5) is 5.69 Å². The minimum Gasteiger partial charge on any atom is -0.466 e. The molecule has 0 N–H and O–H groups in total. The van der Waals surface area contributed by atoms with Crippen LogP contribution in [0.3, 0.4) is 0 Å². The molecule has 2 aliphatic carbocycles. The summed E-state index contributed by atoms with van der Waals surface area (Å²) in [6.07, 6.45) is 12.6. The Labute approximate surface area is 187 Å². The summed E-state index contributed by atoms with van der Waals surface area (Å²) in [4.78, 5) is 13.9. The fourth-order valence-corrected chi connectivity index (χ4v) is 4.83. The summed E-state index contributed by atoms with van der Waals surface area (Å²) in [5.74, 6) is -0.111. The molecule has 166 valence electrons. The van der Waals surface area contributed by atoms with Gasteiger partial charge in [0.05, 0.1) is 6.61 Å². The minimum atomic E-state index is -0.111. The van der Waals surface area contributed by atoms with E-state index in [1.807, 2.05) is 6.92 Å². The topological polar surface area (TPSA) is 32.5 Å². The van der Waals surface area contributed by atoms with Gasteiger partial charge in [-0.2, -0.15) is 0 Å². The molecule has 31 heavy (non-hydrogen) atoms. The molecular formula is C27H37N2O2+. The van der Waals surface area contributed by atoms with Gasteiger partial charge in [0.1, 0.15) is 14.1 Å². The standard InChI is InChI=1S/C27H37N2O2/c1-7-27(8-2)24-18-22(28(4)5)14-12-20(24)17-21-13-15-23(19-25(21)27)29(6)16-10-11-26(30)31-9-3/h12-15,17-19H,7-11,16H2,1-6H3/q+1. The lowest BCUT2D eigenvalue weighted by atomic mass is 9.62. The van der Waals surface area contributed by atoms with Gasteiger partial charge in [-0.1, -0.05) is 19.9 Å². The average Bonchev–Trinajstić information content (AvgIpc) is 2.77. The Balaban J connectivity index is 1.94. The fraction of sp³-hybridized carbons (Fsp3) is 0.481. The van der Waals surface area contributed by atoms with Crippen LogP contribution in [0.1, 0.15) is 57.6 Å². The maximum absolute atomic E-state index is 11.7. The number of carbonyl (C=O) groups is 1. The number of hydrogen-bond acceptors (Lipinski definition) is 3. The van der Waals surface area contributed by atoms with Gasteiger partial charge in [-0.15, -0.1) is 0 Å². The van der Waals surface area contributed by atoms with Gasteiger partial charge >= 0.3 is 5.97 Å². The summed E-state index contributed by atoms with van der Waals surface area (Å²) in [6.45, 7) is 7.74. The van der Waals surface area contributed by atoms with E-state index in [2.05, 4.69) is 87.0 Å². The first-order chi connectivity index (χ1) is 14.9. The van der Waals surface area contributed by atoms with Gasteiger partial charge in [0.15, 0.2) is 5.71 Å². The van der Waals surface area contributed by atoms with Gasteiger partial charge in [-0.3, -0.25) is 4.79 Å². The number of carbonyl (C=O) groups excluding carboxylic acids is 1. The van der Waals surface area contributed by atoms with E-state index in [1.54, 1.807) is 0 Å². The van der Waals surface area contributed by atoms with Crippen molar-refractivity contribution >= 4 is 23.4 Å². The molecule has 0 fully saturated rings. The summed E-state index contributed by atoms with van der Waals surface area (Å²) in [6, 6.07) is 6.83. The molecule has 4 heteroatoms. The molecule has 0 aromatic heterocycles. The quantitative estimate of drug-likeness (QED) is 0.431. The van der Waals surface area contributed by atoms with Gasteiger partial charge in [0, 0.05) is 43.3 Å². The highest BCUT2D eigenvalue weighted by Gasteiger charge is 2.40. The van der Waals surface area contributed by atoms with Gasteiger partial charge in [0.2, 0.25) is 0 Å². The molecule has 0 saturated heterocycles. The van der Waals surface area contributed by atoms with Crippen LogP contribution in [-0.4, -0.2) is 50.6 Å². The molecule has 0 saturated carbocycles. The molecule has 3 rings (SSSR count). The Morgan fingerprint density at radius 1 is 1.10 bits per heavy atom. The lowest BCUT2D eigenvalue weighted by Gasteiger charge is -2.41. The zero-order valence-corrected chi connectivity index (χ0v) is 20.0. The smallest absolute Gasteiger partial charge is 0.305 e. The molecule has 0 unspecified atom stereocenters. The summed E-state index contributed by atoms with van der Waals surface area (Å²) < 4.78 is 7.24. The van der Waals surface area contributed by atoms with Crippen molar-refractivity contribution < 1.29 is 14.1 Å². The highest BCUT2D eigenvalue weighted by Crippen LogP contribution is 2.49. The molecule has 0 spiro atoms. The summed E-state index contributed by atoms with van der Waals surface area (Å²) >= 11 is 0. The molecule has 0 radical (unpaired) electrons. The van der Waals surface area contributed by atoms with Crippen LogP contribution in [0.2, 0.25) is 0 Å². The average molecular weight is 422 g/mol. The molecule has 0 aliphatic heterocycles. The molecule has 4 nitrogen and oxygen atoms in total. The Bertz CT molecular complexity index is 957. The molecule has 2 aliphatic rings. The monoisotopic (exact) mass is 421 g/mol. The van der Waals surface area contributed by atoms with Crippen molar-refractivity contribution in [2.75, 3.05) is 39.2 Å². The van der Waals surface area contributed by atoms with E-state index >= 15 is 0 Å². The van der Waals surface area contributed by atoms with Crippen molar-refractivity contribution in [1.82, 2.24) is 0 Å². The Morgan fingerprint density at radius 2 is 1.84 bits per heavy atom. The second-order valence-corrected chi connectivity index (χ2v) is 8.70. The number of benzene rings is 1. The Hall–Kier alpha value is -2.62. The predicted octanol–water partition coefficient (Wildman–Crippen LogP) is 5.13. The van der Waals surface area contributed by atoms with Crippen LogP contribution in [0, 0.1) is 0 Å². The number of ether oxygens (including phenoxy) is 1. The van der Waals surface area contributed by atoms with E-state index in [4.69, 9.17) is 4.74 Å². The number of allylic oxidation sites excluding steroid dienone is 5. The lowest BCUT2D eigenvalue weighted by Crippen LogP contribution is -2.33. The number of anilines is 1. The molecule has 1 aromatic carbocycles. The van der Waals surface area contributed by atoms with Crippen LogP contribution in [0.25, 0.3) is 6.08 Å². The van der Waals surface area contributed by atoms with Crippen LogP contribution < -0.4 is 4.90 Å². The largest absolute Gasteiger partial charge is 0.466 e. The van der Waals surface area contributed by atoms with Crippen molar-refractivity contribution in [2.45, 2.75) is 51.9 Å². The maximum Gasteiger partial charge on any atom is 0.305 e. The second-order valence-electron chi connectivity index (χ2n) is 8.70. The fourth-order valence-electron chi connectivity index (χ4n) is 4.83. The SMILES string of the molecule is CCOC(=O)CCCN(C)c1ccc2c(c1)C(CC)(CC)C1=CC(=[N+](C)C)C=CC1=C2. The molecular weight excluding hydrogens is 384 g/mol. The molecule has 0 heterocycles. The summed E-state index contributed by atoms with van der Waals surface area (Å²) in [5, 5.41) is 0. The van der Waals surface area contributed by atoms with E-state index < -0.39 is 0 Å². The van der Waals surface area contributed by atoms with Crippen molar-refractivity contribution in [3.63, 3.8) is 0 Å². The molecule has 0 bridgehead atoms. The van der Waals surface area contributed by atoms with E-state index in [0.717, 1.165) is 25.8 Å². The van der Waals surface area contributed by atoms with E-state index in [-0.39, 0.29) is 11.4 Å². The van der Waals surface area contributed by atoms with E-state index in [0.29, 0.717) is 13.0 Å². The Morgan fingerprint density at radius 3 is 2.48 bits per heavy atom. The lowest BCUT2D eigenvalue weighted by molar-refractivity contribution is -0.462. The van der Waals surface area contributed by atoms with Crippen molar-refractivity contribution in [3.8, 4) is 0 Å². The number of hydrogen-bond donors (Lipinski definition) is 0. The third-order valence-corrected chi connectivity index (χ3v) is 6.76. The molecule has 0 atom stereocenters. The maximum atomic E-state index is 11.7. The number of nitrogens with zero attached hydrogens (tertiary/aromatic N) is 2. The highest BCUT2D eigenvalue weighted by atomic mass is 16.5. The molecule has 0 amide bonds. The normalized spacial score (nSPS) is 16.1. The summed E-state index contributed by atoms with van der Waals surface area (Å²) in [5.41, 5.74) is 7.94. The van der Waals surface area contributed by atoms with E-state index in [1.165, 1.54) is 33.7 Å². The first-order valence-corrected chi connectivity index (χ1v) is 11.5. The predicted molar refractivity (Wildman–Crippen MR) is 130 cm³/mol. The third kappa shape index (κ3) is 4.53. The van der Waals surface area contributed by atoms with Gasteiger partial charge in [-0.25, -0.2) is 4.58 Å². The second kappa shape index (κ2) is 9.67. The van der Waals surface area contributed by atoms with Crippen molar-refractivity contribution in [2.24, 2.45) is 0 Å². The van der Waals surface area contributed by atoms with Gasteiger partial charge in [-0.05, 0) is 72.7 Å². The highest BCUT2D eigenvalue weighted by molar-refractivity contribution is 6.04. The van der Waals surface area contributed by atoms with Crippen molar-refractivity contribution in [3.05, 3.63) is 58.7 Å². The number of fused-ring (bicyclic) bond motifs is 2. The zero-order chi connectivity index (χ0) is 22.6. The van der Waals surface area contributed by atoms with Crippen LogP contribution in [0.15, 0.2) is 47.6 Å². The van der Waals surface area contributed by atoms with Crippen LogP contribution in [-0.2, 0) is 14.9 Å². The number of esters is 1. The summed E-state index contributed by atoms with van der Waals surface area (Å²) in [7, 11) is 6.31. The minimum absolute atomic E-state index is 0.00716. The first-order valence-electron chi connectivity index (χ1n) is 11.5. The molecule has 1 aromatic rings. The Kier molecular flexibility index (Phi) is 7.19. The first kappa shape index (κ1) is 23.1. The third-order valence-electron chi connectivity index (χ3n) is 6.76. The zero-order valence-electron chi connectivity index (χ0n) is 20.0. The van der Waals surface area contributed by atoms with Crippen LogP contribution in [0.5, 0.6) is 0 Å². The van der Waals surface area contributed by atoms with Crippen molar-refractivity contribution in [1.29, 1.82) is 0 Å².